The van der Waals surface area contributed by atoms with E-state index in [2.05, 4.69) is 18.2 Å². The van der Waals surface area contributed by atoms with Gasteiger partial charge in [-0.25, -0.2) is 0 Å². The second-order valence-corrected chi connectivity index (χ2v) is 7.40. The summed E-state index contributed by atoms with van der Waals surface area (Å²) in [7, 11) is 0. The molecule has 0 radical (unpaired) electrons. The Balaban J connectivity index is 1.61. The Morgan fingerprint density at radius 3 is 2.62 bits per heavy atom. The van der Waals surface area contributed by atoms with Crippen molar-refractivity contribution in [1.29, 1.82) is 5.26 Å². The van der Waals surface area contributed by atoms with Crippen molar-refractivity contribution in [1.82, 2.24) is 4.90 Å². The minimum atomic E-state index is -0.0250. The molecule has 1 heterocycles. The third-order valence-corrected chi connectivity index (χ3v) is 5.48. The molecule has 26 heavy (non-hydrogen) atoms. The first-order valence-electron chi connectivity index (χ1n) is 8.69. The predicted molar refractivity (Wildman–Crippen MR) is 104 cm³/mol. The lowest BCUT2D eigenvalue weighted by Crippen LogP contribution is -2.49. The van der Waals surface area contributed by atoms with E-state index < -0.39 is 0 Å². The summed E-state index contributed by atoms with van der Waals surface area (Å²) in [6.07, 6.45) is 0. The molecule has 1 fully saturated rings. The fraction of sp³-hybridized carbons (Fsp3) is 0.333. The number of morpholine rings is 1. The quantitative estimate of drug-likeness (QED) is 0.808. The maximum absolute atomic E-state index is 12.9. The molecular formula is C21H22N2O2S. The number of ether oxygens (including phenoxy) is 1. The minimum absolute atomic E-state index is 0.0250. The van der Waals surface area contributed by atoms with E-state index in [1.807, 2.05) is 54.3 Å². The molecule has 1 aliphatic rings. The lowest BCUT2D eigenvalue weighted by molar-refractivity contribution is -0.142. The summed E-state index contributed by atoms with van der Waals surface area (Å²) in [6.45, 7) is 3.16. The Kier molecular flexibility index (Phi) is 6.32. The highest BCUT2D eigenvalue weighted by atomic mass is 32.2. The van der Waals surface area contributed by atoms with Crippen LogP contribution in [0.25, 0.3) is 0 Å². The number of hydrogen-bond donors (Lipinski definition) is 0. The maximum atomic E-state index is 12.9. The Morgan fingerprint density at radius 2 is 1.92 bits per heavy atom. The predicted octanol–water partition coefficient (Wildman–Crippen LogP) is 3.78. The van der Waals surface area contributed by atoms with Gasteiger partial charge >= 0.3 is 0 Å². The first kappa shape index (κ1) is 18.5. The van der Waals surface area contributed by atoms with E-state index in [1.54, 1.807) is 11.8 Å². The highest BCUT2D eigenvalue weighted by Gasteiger charge is 2.33. The van der Waals surface area contributed by atoms with E-state index in [4.69, 9.17) is 10.00 Å². The Labute approximate surface area is 158 Å². The fourth-order valence-corrected chi connectivity index (χ4v) is 4.03. The second-order valence-electron chi connectivity index (χ2n) is 6.42. The van der Waals surface area contributed by atoms with Crippen molar-refractivity contribution in [3.63, 3.8) is 0 Å². The molecule has 0 aromatic heterocycles. The van der Waals surface area contributed by atoms with Crippen molar-refractivity contribution < 1.29 is 9.53 Å². The fourth-order valence-electron chi connectivity index (χ4n) is 3.18. The van der Waals surface area contributed by atoms with Crippen LogP contribution in [0.15, 0.2) is 54.6 Å². The van der Waals surface area contributed by atoms with Crippen LogP contribution in [-0.4, -0.2) is 35.8 Å². The van der Waals surface area contributed by atoms with Crippen molar-refractivity contribution in [2.75, 3.05) is 19.0 Å². The molecular weight excluding hydrogens is 344 g/mol. The molecule has 134 valence electrons. The van der Waals surface area contributed by atoms with E-state index in [0.29, 0.717) is 24.5 Å². The Bertz CT molecular complexity index is 771. The average Bonchev–Trinajstić information content (AvgIpc) is 2.69. The van der Waals surface area contributed by atoms with E-state index in [-0.39, 0.29) is 18.0 Å². The van der Waals surface area contributed by atoms with Crippen LogP contribution in [0.4, 0.5) is 0 Å². The lowest BCUT2D eigenvalue weighted by atomic mass is 10.0. The third-order valence-electron chi connectivity index (χ3n) is 4.50. The molecule has 1 saturated heterocycles. The summed E-state index contributed by atoms with van der Waals surface area (Å²) in [5.41, 5.74) is 2.89. The normalized spacial score (nSPS) is 19.8. The van der Waals surface area contributed by atoms with E-state index in [1.165, 1.54) is 0 Å². The summed E-state index contributed by atoms with van der Waals surface area (Å²) >= 11 is 1.61. The third kappa shape index (κ3) is 4.46. The van der Waals surface area contributed by atoms with Crippen LogP contribution in [-0.2, 0) is 15.3 Å². The molecule has 1 aliphatic heterocycles. The van der Waals surface area contributed by atoms with Gasteiger partial charge in [0.1, 0.15) is 0 Å². The van der Waals surface area contributed by atoms with Gasteiger partial charge in [-0.1, -0.05) is 42.5 Å². The van der Waals surface area contributed by atoms with Gasteiger partial charge in [0.2, 0.25) is 5.91 Å². The van der Waals surface area contributed by atoms with E-state index in [0.717, 1.165) is 16.9 Å². The average molecular weight is 366 g/mol. The monoisotopic (exact) mass is 366 g/mol. The lowest BCUT2D eigenvalue weighted by Gasteiger charge is -2.40. The van der Waals surface area contributed by atoms with Crippen LogP contribution in [0.1, 0.15) is 29.7 Å². The van der Waals surface area contributed by atoms with Crippen LogP contribution in [0.3, 0.4) is 0 Å². The summed E-state index contributed by atoms with van der Waals surface area (Å²) in [5, 5.41) is 8.85. The molecule has 2 aromatic rings. The number of benzene rings is 2. The van der Waals surface area contributed by atoms with Crippen molar-refractivity contribution >= 4 is 17.7 Å². The highest BCUT2D eigenvalue weighted by Crippen LogP contribution is 2.28. The van der Waals surface area contributed by atoms with Gasteiger partial charge in [-0.05, 0) is 30.2 Å². The van der Waals surface area contributed by atoms with Gasteiger partial charge < -0.3 is 9.64 Å². The number of thioether (sulfide) groups is 1. The second kappa shape index (κ2) is 8.88. The molecule has 2 aromatic carbocycles. The van der Waals surface area contributed by atoms with Crippen molar-refractivity contribution in [3.05, 3.63) is 71.3 Å². The zero-order valence-corrected chi connectivity index (χ0v) is 15.6. The largest absolute Gasteiger partial charge is 0.377 e. The van der Waals surface area contributed by atoms with Gasteiger partial charge in [0.05, 0.1) is 42.7 Å². The van der Waals surface area contributed by atoms with Crippen molar-refractivity contribution in [2.45, 2.75) is 24.8 Å². The maximum Gasteiger partial charge on any atom is 0.233 e. The van der Waals surface area contributed by atoms with E-state index in [9.17, 15) is 4.79 Å². The number of carbonyl (C=O) groups excluding carboxylic acids is 1. The Hall–Kier alpha value is -2.29. The standard InChI is InChI=1S/C21H22N2O2S/c1-16-12-25-13-20(19-5-3-2-4-6-19)23(16)21(24)15-26-14-18-9-7-17(11-22)8-10-18/h2-10,16,20H,12-15H2,1H3. The molecule has 3 rings (SSSR count). The summed E-state index contributed by atoms with van der Waals surface area (Å²) in [5.74, 6) is 1.34. The molecule has 1 amide bonds. The molecule has 0 aliphatic carbocycles. The summed E-state index contributed by atoms with van der Waals surface area (Å²) in [4.78, 5) is 14.9. The minimum Gasteiger partial charge on any atom is -0.377 e. The highest BCUT2D eigenvalue weighted by molar-refractivity contribution is 7.99. The van der Waals surface area contributed by atoms with Crippen molar-refractivity contribution in [2.24, 2.45) is 0 Å². The summed E-state index contributed by atoms with van der Waals surface area (Å²) < 4.78 is 5.70. The first-order chi connectivity index (χ1) is 12.7. The molecule has 0 N–H and O–H groups in total. The van der Waals surface area contributed by atoms with Gasteiger partial charge in [-0.3, -0.25) is 4.79 Å². The zero-order chi connectivity index (χ0) is 18.4. The van der Waals surface area contributed by atoms with Crippen LogP contribution < -0.4 is 0 Å². The van der Waals surface area contributed by atoms with Crippen LogP contribution >= 0.6 is 11.8 Å². The van der Waals surface area contributed by atoms with Gasteiger partial charge in [0.15, 0.2) is 0 Å². The molecule has 2 unspecified atom stereocenters. The summed E-state index contributed by atoms with van der Waals surface area (Å²) in [6, 6.07) is 19.8. The topological polar surface area (TPSA) is 53.3 Å². The van der Waals surface area contributed by atoms with Gasteiger partial charge in [-0.15, -0.1) is 11.8 Å². The molecule has 5 heteroatoms. The van der Waals surface area contributed by atoms with Crippen LogP contribution in [0.2, 0.25) is 0 Å². The zero-order valence-electron chi connectivity index (χ0n) is 14.8. The molecule has 0 bridgehead atoms. The Morgan fingerprint density at radius 1 is 1.19 bits per heavy atom. The van der Waals surface area contributed by atoms with Gasteiger partial charge in [-0.2, -0.15) is 5.26 Å². The number of nitrogens with zero attached hydrogens (tertiary/aromatic N) is 2. The number of rotatable bonds is 5. The first-order valence-corrected chi connectivity index (χ1v) is 9.85. The number of carbonyl (C=O) groups is 1. The number of hydrogen-bond acceptors (Lipinski definition) is 4. The molecule has 0 saturated carbocycles. The number of amides is 1. The van der Waals surface area contributed by atoms with Crippen molar-refractivity contribution in [3.8, 4) is 6.07 Å². The van der Waals surface area contributed by atoms with Crippen LogP contribution in [0.5, 0.6) is 0 Å². The molecule has 0 spiro atoms. The van der Waals surface area contributed by atoms with Crippen LogP contribution in [0, 0.1) is 11.3 Å². The molecule has 2 atom stereocenters. The SMILES string of the molecule is CC1COCC(c2ccccc2)N1C(=O)CSCc1ccc(C#N)cc1. The molecule has 4 nitrogen and oxygen atoms in total. The van der Waals surface area contributed by atoms with E-state index >= 15 is 0 Å². The van der Waals surface area contributed by atoms with Gasteiger partial charge in [0.25, 0.3) is 0 Å². The number of nitriles is 1. The van der Waals surface area contributed by atoms with Gasteiger partial charge in [0, 0.05) is 5.75 Å². The smallest absolute Gasteiger partial charge is 0.233 e.